The molecule has 9 heteroatoms. The molecule has 1 fully saturated rings. The summed E-state index contributed by atoms with van der Waals surface area (Å²) >= 11 is 0. The largest absolute Gasteiger partial charge is 0.490 e. The van der Waals surface area contributed by atoms with Gasteiger partial charge < -0.3 is 19.7 Å². The van der Waals surface area contributed by atoms with Gasteiger partial charge >= 0.3 is 0 Å². The van der Waals surface area contributed by atoms with E-state index in [2.05, 4.69) is 10.2 Å². The van der Waals surface area contributed by atoms with E-state index in [1.54, 1.807) is 36.4 Å². The summed E-state index contributed by atoms with van der Waals surface area (Å²) in [7, 11) is -1.59. The Morgan fingerprint density at radius 1 is 0.829 bits per heavy atom. The van der Waals surface area contributed by atoms with Crippen LogP contribution in [0.15, 0.2) is 83.8 Å². The predicted octanol–water partition coefficient (Wildman–Crippen LogP) is 3.33. The Kier molecular flexibility index (Phi) is 8.02. The van der Waals surface area contributed by atoms with Gasteiger partial charge in [-0.2, -0.15) is 4.31 Å². The minimum atomic E-state index is -3.56. The van der Waals surface area contributed by atoms with Gasteiger partial charge in [0.2, 0.25) is 10.0 Å². The number of hydrogen-bond acceptors (Lipinski definition) is 6. The summed E-state index contributed by atoms with van der Waals surface area (Å²) in [6.45, 7) is 2.94. The number of para-hydroxylation sites is 2. The normalized spacial score (nSPS) is 14.9. The Morgan fingerprint density at radius 3 is 2.17 bits per heavy atom. The Labute approximate surface area is 206 Å². The van der Waals surface area contributed by atoms with Gasteiger partial charge in [0, 0.05) is 31.9 Å². The predicted molar refractivity (Wildman–Crippen MR) is 135 cm³/mol. The van der Waals surface area contributed by atoms with Gasteiger partial charge in [-0.25, -0.2) is 8.42 Å². The lowest BCUT2D eigenvalue weighted by molar-refractivity contribution is 0.102. The van der Waals surface area contributed by atoms with Crippen LogP contribution in [-0.4, -0.2) is 70.0 Å². The molecule has 0 saturated carbocycles. The molecule has 1 amide bonds. The molecule has 1 N–H and O–H groups in total. The number of carbonyl (C=O) groups is 1. The third-order valence-corrected chi connectivity index (χ3v) is 7.61. The molecule has 1 aliphatic rings. The zero-order valence-corrected chi connectivity index (χ0v) is 20.4. The van der Waals surface area contributed by atoms with Crippen LogP contribution < -0.4 is 14.8 Å². The van der Waals surface area contributed by atoms with Crippen molar-refractivity contribution < 1.29 is 22.7 Å². The topological polar surface area (TPSA) is 88.2 Å². The van der Waals surface area contributed by atoms with E-state index in [4.69, 9.17) is 9.47 Å². The van der Waals surface area contributed by atoms with Crippen LogP contribution in [0.1, 0.15) is 10.4 Å². The third-order valence-electron chi connectivity index (χ3n) is 5.70. The van der Waals surface area contributed by atoms with Crippen LogP contribution in [0.25, 0.3) is 0 Å². The van der Waals surface area contributed by atoms with Gasteiger partial charge in [0.15, 0.2) is 0 Å². The van der Waals surface area contributed by atoms with Gasteiger partial charge in [-0.3, -0.25) is 4.79 Å². The molecule has 1 saturated heterocycles. The van der Waals surface area contributed by atoms with Crippen molar-refractivity contribution in [1.29, 1.82) is 0 Å². The first kappa shape index (κ1) is 24.7. The van der Waals surface area contributed by atoms with E-state index in [0.717, 1.165) is 5.75 Å². The molecule has 0 atom stereocenters. The molecule has 3 aromatic carbocycles. The molecule has 3 aromatic rings. The van der Waals surface area contributed by atoms with Crippen LogP contribution in [-0.2, 0) is 10.0 Å². The first-order valence-electron chi connectivity index (χ1n) is 11.4. The summed E-state index contributed by atoms with van der Waals surface area (Å²) in [5.41, 5.74) is 0.871. The molecule has 1 heterocycles. The van der Waals surface area contributed by atoms with Crippen LogP contribution in [0.3, 0.4) is 0 Å². The minimum absolute atomic E-state index is 0.210. The van der Waals surface area contributed by atoms with Gasteiger partial charge in [0.1, 0.15) is 24.7 Å². The molecule has 184 valence electrons. The Bertz CT molecular complexity index is 1230. The second-order valence-corrected chi connectivity index (χ2v) is 10.1. The highest BCUT2D eigenvalue weighted by Crippen LogP contribution is 2.22. The van der Waals surface area contributed by atoms with Gasteiger partial charge in [0.05, 0.1) is 10.5 Å². The summed E-state index contributed by atoms with van der Waals surface area (Å²) in [5, 5.41) is 2.81. The molecule has 0 unspecified atom stereocenters. The standard InChI is InChI=1S/C26H29N3O5S/c1-28-15-17-29(18-16-28)35(31,32)23-13-11-21(12-14-23)27-26(30)24-9-5-6-10-25(24)34-20-19-33-22-7-3-2-4-8-22/h2-14H,15-20H2,1H3,(H,27,30). The Balaban J connectivity index is 1.35. The molecule has 8 nitrogen and oxygen atoms in total. The quantitative estimate of drug-likeness (QED) is 0.458. The maximum absolute atomic E-state index is 12.9. The number of ether oxygens (including phenoxy) is 2. The highest BCUT2D eigenvalue weighted by Gasteiger charge is 2.27. The zero-order chi connectivity index (χ0) is 24.7. The van der Waals surface area contributed by atoms with Gasteiger partial charge in [-0.1, -0.05) is 30.3 Å². The molecule has 0 bridgehead atoms. The molecular weight excluding hydrogens is 466 g/mol. The first-order chi connectivity index (χ1) is 16.9. The van der Waals surface area contributed by atoms with Crippen molar-refractivity contribution in [2.24, 2.45) is 0 Å². The lowest BCUT2D eigenvalue weighted by Crippen LogP contribution is -2.46. The monoisotopic (exact) mass is 495 g/mol. The van der Waals surface area contributed by atoms with Gasteiger partial charge in [0.25, 0.3) is 5.91 Å². The number of anilines is 1. The molecule has 4 rings (SSSR count). The summed E-state index contributed by atoms with van der Waals surface area (Å²) in [5.74, 6) is 0.843. The van der Waals surface area contributed by atoms with E-state index >= 15 is 0 Å². The number of sulfonamides is 1. The van der Waals surface area contributed by atoms with Crippen LogP contribution >= 0.6 is 0 Å². The second kappa shape index (κ2) is 11.4. The summed E-state index contributed by atoms with van der Waals surface area (Å²) in [6, 6.07) is 22.6. The maximum Gasteiger partial charge on any atom is 0.259 e. The number of likely N-dealkylation sites (N-methyl/N-ethyl adjacent to an activating group) is 1. The van der Waals surface area contributed by atoms with E-state index in [1.807, 2.05) is 37.4 Å². The molecule has 0 aliphatic carbocycles. The van der Waals surface area contributed by atoms with Gasteiger partial charge in [-0.05, 0) is 55.6 Å². The number of rotatable bonds is 9. The number of benzene rings is 3. The Morgan fingerprint density at radius 2 is 1.46 bits per heavy atom. The minimum Gasteiger partial charge on any atom is -0.490 e. The molecular formula is C26H29N3O5S. The van der Waals surface area contributed by atoms with Crippen LogP contribution in [0.5, 0.6) is 11.5 Å². The number of hydrogen-bond donors (Lipinski definition) is 1. The maximum atomic E-state index is 12.9. The number of amides is 1. The van der Waals surface area contributed by atoms with Crippen LogP contribution in [0, 0.1) is 0 Å². The summed E-state index contributed by atoms with van der Waals surface area (Å²) in [6.07, 6.45) is 0. The van der Waals surface area contributed by atoms with E-state index < -0.39 is 10.0 Å². The summed E-state index contributed by atoms with van der Waals surface area (Å²) in [4.78, 5) is 15.2. The van der Waals surface area contributed by atoms with Crippen molar-refractivity contribution in [1.82, 2.24) is 9.21 Å². The van der Waals surface area contributed by atoms with Crippen molar-refractivity contribution in [3.8, 4) is 11.5 Å². The fourth-order valence-electron chi connectivity index (χ4n) is 3.69. The molecule has 0 aromatic heterocycles. The van der Waals surface area contributed by atoms with Crippen molar-refractivity contribution >= 4 is 21.6 Å². The van der Waals surface area contributed by atoms with E-state index in [0.29, 0.717) is 49.8 Å². The highest BCUT2D eigenvalue weighted by atomic mass is 32.2. The number of nitrogens with one attached hydrogen (secondary N) is 1. The van der Waals surface area contributed by atoms with Crippen molar-refractivity contribution in [2.45, 2.75) is 4.90 Å². The fraction of sp³-hybridized carbons (Fsp3) is 0.269. The lowest BCUT2D eigenvalue weighted by Gasteiger charge is -2.31. The average Bonchev–Trinajstić information content (AvgIpc) is 2.88. The van der Waals surface area contributed by atoms with Crippen LogP contribution in [0.4, 0.5) is 5.69 Å². The molecule has 0 radical (unpaired) electrons. The fourth-order valence-corrected chi connectivity index (χ4v) is 5.12. The molecule has 1 aliphatic heterocycles. The van der Waals surface area contributed by atoms with Crippen molar-refractivity contribution in [3.05, 3.63) is 84.4 Å². The number of piperazine rings is 1. The highest BCUT2D eigenvalue weighted by molar-refractivity contribution is 7.89. The first-order valence-corrected chi connectivity index (χ1v) is 12.9. The lowest BCUT2D eigenvalue weighted by atomic mass is 10.2. The van der Waals surface area contributed by atoms with Gasteiger partial charge in [-0.15, -0.1) is 0 Å². The summed E-state index contributed by atoms with van der Waals surface area (Å²) < 4.78 is 38.7. The van der Waals surface area contributed by atoms with E-state index in [9.17, 15) is 13.2 Å². The Hall–Kier alpha value is -3.40. The van der Waals surface area contributed by atoms with Crippen molar-refractivity contribution in [3.63, 3.8) is 0 Å². The number of nitrogens with zero attached hydrogens (tertiary/aromatic N) is 2. The van der Waals surface area contributed by atoms with E-state index in [-0.39, 0.29) is 17.4 Å². The molecule has 0 spiro atoms. The molecule has 35 heavy (non-hydrogen) atoms. The third kappa shape index (κ3) is 6.39. The van der Waals surface area contributed by atoms with Crippen LogP contribution in [0.2, 0.25) is 0 Å². The average molecular weight is 496 g/mol. The number of carbonyl (C=O) groups excluding carboxylic acids is 1. The van der Waals surface area contributed by atoms with E-state index in [1.165, 1.54) is 16.4 Å². The van der Waals surface area contributed by atoms with Crippen molar-refractivity contribution in [2.75, 3.05) is 51.8 Å². The SMILES string of the molecule is CN1CCN(S(=O)(=O)c2ccc(NC(=O)c3ccccc3OCCOc3ccccc3)cc2)CC1. The smallest absolute Gasteiger partial charge is 0.259 e. The second-order valence-electron chi connectivity index (χ2n) is 8.19. The zero-order valence-electron chi connectivity index (χ0n) is 19.6.